The summed E-state index contributed by atoms with van der Waals surface area (Å²) in [6, 6.07) is 7.67. The van der Waals surface area contributed by atoms with Gasteiger partial charge in [0.2, 0.25) is 0 Å². The predicted octanol–water partition coefficient (Wildman–Crippen LogP) is 1.82. The first-order chi connectivity index (χ1) is 5.77. The first kappa shape index (κ1) is 12.8. The Labute approximate surface area is 88.9 Å². The SMILES string of the molecule is CSc1cccc([C@H](N)CO)c1.Cl. The number of benzene rings is 1. The number of hydrogen-bond acceptors (Lipinski definition) is 3. The molecule has 0 aromatic heterocycles. The number of thioether (sulfide) groups is 1. The van der Waals surface area contributed by atoms with Crippen molar-refractivity contribution in [3.8, 4) is 0 Å². The molecule has 0 spiro atoms. The van der Waals surface area contributed by atoms with Crippen molar-refractivity contribution < 1.29 is 5.11 Å². The molecule has 1 rings (SSSR count). The van der Waals surface area contributed by atoms with Crippen LogP contribution in [0, 0.1) is 0 Å². The first-order valence-electron chi connectivity index (χ1n) is 3.78. The molecular weight excluding hydrogens is 206 g/mol. The number of aliphatic hydroxyl groups is 1. The zero-order valence-electron chi connectivity index (χ0n) is 7.43. The molecule has 0 aliphatic rings. The molecule has 13 heavy (non-hydrogen) atoms. The summed E-state index contributed by atoms with van der Waals surface area (Å²) in [4.78, 5) is 1.18. The Kier molecular flexibility index (Phi) is 6.16. The number of rotatable bonds is 3. The fraction of sp³-hybridized carbons (Fsp3) is 0.333. The van der Waals surface area contributed by atoms with E-state index in [2.05, 4.69) is 0 Å². The van der Waals surface area contributed by atoms with Crippen LogP contribution in [0.5, 0.6) is 0 Å². The van der Waals surface area contributed by atoms with Crippen LogP contribution < -0.4 is 5.73 Å². The van der Waals surface area contributed by atoms with Gasteiger partial charge >= 0.3 is 0 Å². The molecule has 1 aromatic carbocycles. The second-order valence-corrected chi connectivity index (χ2v) is 3.45. The van der Waals surface area contributed by atoms with Gasteiger partial charge in [-0.1, -0.05) is 12.1 Å². The van der Waals surface area contributed by atoms with Gasteiger partial charge in [0.25, 0.3) is 0 Å². The van der Waals surface area contributed by atoms with Crippen LogP contribution >= 0.6 is 24.2 Å². The number of hydrogen-bond donors (Lipinski definition) is 2. The number of halogens is 1. The molecule has 3 N–H and O–H groups in total. The van der Waals surface area contributed by atoms with Crippen LogP contribution in [0.3, 0.4) is 0 Å². The molecular formula is C9H14ClNOS. The maximum absolute atomic E-state index is 8.82. The largest absolute Gasteiger partial charge is 0.394 e. The lowest BCUT2D eigenvalue weighted by atomic mass is 10.1. The fourth-order valence-corrected chi connectivity index (χ4v) is 1.45. The van der Waals surface area contributed by atoms with Gasteiger partial charge in [-0.2, -0.15) is 0 Å². The Balaban J connectivity index is 0.00000144. The Morgan fingerprint density at radius 2 is 2.23 bits per heavy atom. The van der Waals surface area contributed by atoms with E-state index in [9.17, 15) is 0 Å². The molecule has 0 aliphatic carbocycles. The third kappa shape index (κ3) is 3.56. The summed E-state index contributed by atoms with van der Waals surface area (Å²) in [5, 5.41) is 8.82. The molecule has 0 radical (unpaired) electrons. The van der Waals surface area contributed by atoms with E-state index >= 15 is 0 Å². The molecule has 4 heteroatoms. The van der Waals surface area contributed by atoms with Gasteiger partial charge in [0.1, 0.15) is 0 Å². The first-order valence-corrected chi connectivity index (χ1v) is 5.00. The molecule has 1 atom stereocenters. The molecule has 0 bridgehead atoms. The summed E-state index contributed by atoms with van der Waals surface area (Å²) in [5.74, 6) is 0. The summed E-state index contributed by atoms with van der Waals surface area (Å²) in [7, 11) is 0. The summed E-state index contributed by atoms with van der Waals surface area (Å²) in [6.07, 6.45) is 2.02. The van der Waals surface area contributed by atoms with Crippen molar-refractivity contribution in [1.82, 2.24) is 0 Å². The van der Waals surface area contributed by atoms with E-state index in [1.165, 1.54) is 4.90 Å². The van der Waals surface area contributed by atoms with Gasteiger partial charge in [-0.05, 0) is 24.0 Å². The van der Waals surface area contributed by atoms with E-state index in [-0.39, 0.29) is 25.1 Å². The van der Waals surface area contributed by atoms with Crippen molar-refractivity contribution in [1.29, 1.82) is 0 Å². The van der Waals surface area contributed by atoms with Gasteiger partial charge in [0, 0.05) is 4.90 Å². The minimum Gasteiger partial charge on any atom is -0.394 e. The van der Waals surface area contributed by atoms with Crippen molar-refractivity contribution in [2.75, 3.05) is 12.9 Å². The summed E-state index contributed by atoms with van der Waals surface area (Å²) in [5.41, 5.74) is 6.65. The van der Waals surface area contributed by atoms with E-state index in [1.54, 1.807) is 11.8 Å². The Bertz CT molecular complexity index is 257. The predicted molar refractivity (Wildman–Crippen MR) is 59.5 cm³/mol. The van der Waals surface area contributed by atoms with Crippen molar-refractivity contribution in [2.45, 2.75) is 10.9 Å². The summed E-state index contributed by atoms with van der Waals surface area (Å²) >= 11 is 1.67. The Morgan fingerprint density at radius 3 is 2.77 bits per heavy atom. The molecule has 0 fully saturated rings. The van der Waals surface area contributed by atoms with E-state index in [4.69, 9.17) is 10.8 Å². The van der Waals surface area contributed by atoms with Gasteiger partial charge in [0.05, 0.1) is 12.6 Å². The van der Waals surface area contributed by atoms with E-state index < -0.39 is 0 Å². The molecule has 74 valence electrons. The highest BCUT2D eigenvalue weighted by atomic mass is 35.5. The van der Waals surface area contributed by atoms with Crippen LogP contribution in [0.4, 0.5) is 0 Å². The van der Waals surface area contributed by atoms with Crippen molar-refractivity contribution in [3.63, 3.8) is 0 Å². The van der Waals surface area contributed by atoms with Gasteiger partial charge < -0.3 is 10.8 Å². The van der Waals surface area contributed by atoms with Crippen LogP contribution in [0.1, 0.15) is 11.6 Å². The third-order valence-corrected chi connectivity index (χ3v) is 2.44. The maximum Gasteiger partial charge on any atom is 0.0624 e. The lowest BCUT2D eigenvalue weighted by Gasteiger charge is -2.08. The van der Waals surface area contributed by atoms with Crippen LogP contribution in [-0.4, -0.2) is 18.0 Å². The topological polar surface area (TPSA) is 46.2 Å². The second-order valence-electron chi connectivity index (χ2n) is 2.57. The minimum absolute atomic E-state index is 0. The molecule has 2 nitrogen and oxygen atoms in total. The molecule has 0 saturated heterocycles. The summed E-state index contributed by atoms with van der Waals surface area (Å²) in [6.45, 7) is -0.00215. The normalized spacial score (nSPS) is 11.9. The van der Waals surface area contributed by atoms with Crippen LogP contribution in [0.25, 0.3) is 0 Å². The van der Waals surface area contributed by atoms with E-state index in [1.807, 2.05) is 30.5 Å². The average Bonchev–Trinajstić information content (AvgIpc) is 2.17. The monoisotopic (exact) mass is 219 g/mol. The molecule has 0 amide bonds. The molecule has 0 saturated carbocycles. The summed E-state index contributed by atoms with van der Waals surface area (Å²) < 4.78 is 0. The highest BCUT2D eigenvalue weighted by Crippen LogP contribution is 2.18. The Hall–Kier alpha value is -0.220. The van der Waals surface area contributed by atoms with Gasteiger partial charge in [-0.15, -0.1) is 24.2 Å². The molecule has 1 aromatic rings. The highest BCUT2D eigenvalue weighted by Gasteiger charge is 2.03. The fourth-order valence-electron chi connectivity index (χ4n) is 0.978. The standard InChI is InChI=1S/C9H13NOS.ClH/c1-12-8-4-2-3-7(5-8)9(10)6-11;/h2-5,9,11H,6,10H2,1H3;1H/t9-;/m1./s1. The molecule has 0 aliphatic heterocycles. The van der Waals surface area contributed by atoms with E-state index in [0.29, 0.717) is 0 Å². The average molecular weight is 220 g/mol. The molecule has 0 unspecified atom stereocenters. The smallest absolute Gasteiger partial charge is 0.0624 e. The van der Waals surface area contributed by atoms with Crippen molar-refractivity contribution in [3.05, 3.63) is 29.8 Å². The van der Waals surface area contributed by atoms with Gasteiger partial charge in [-0.3, -0.25) is 0 Å². The van der Waals surface area contributed by atoms with Gasteiger partial charge in [-0.25, -0.2) is 0 Å². The van der Waals surface area contributed by atoms with Crippen LogP contribution in [0.2, 0.25) is 0 Å². The van der Waals surface area contributed by atoms with Crippen LogP contribution in [0.15, 0.2) is 29.2 Å². The maximum atomic E-state index is 8.82. The lowest BCUT2D eigenvalue weighted by Crippen LogP contribution is -2.14. The lowest BCUT2D eigenvalue weighted by molar-refractivity contribution is 0.268. The molecule has 0 heterocycles. The van der Waals surface area contributed by atoms with Crippen molar-refractivity contribution >= 4 is 24.2 Å². The zero-order chi connectivity index (χ0) is 8.97. The number of nitrogens with two attached hydrogens (primary N) is 1. The van der Waals surface area contributed by atoms with Crippen LogP contribution in [-0.2, 0) is 0 Å². The highest BCUT2D eigenvalue weighted by molar-refractivity contribution is 7.98. The third-order valence-electron chi connectivity index (χ3n) is 1.72. The zero-order valence-corrected chi connectivity index (χ0v) is 9.07. The second kappa shape index (κ2) is 6.27. The Morgan fingerprint density at radius 1 is 1.54 bits per heavy atom. The van der Waals surface area contributed by atoms with Gasteiger partial charge in [0.15, 0.2) is 0 Å². The minimum atomic E-state index is -0.253. The number of aliphatic hydroxyl groups excluding tert-OH is 1. The quantitative estimate of drug-likeness (QED) is 0.763. The van der Waals surface area contributed by atoms with Crippen molar-refractivity contribution in [2.24, 2.45) is 5.73 Å². The van der Waals surface area contributed by atoms with E-state index in [0.717, 1.165) is 5.56 Å².